The first-order valence-electron chi connectivity index (χ1n) is 5.68. The van der Waals surface area contributed by atoms with Crippen molar-refractivity contribution < 1.29 is 4.39 Å². The van der Waals surface area contributed by atoms with Crippen LogP contribution in [0.2, 0.25) is 0 Å². The smallest absolute Gasteiger partial charge is 0.239 e. The molecule has 0 atom stereocenters. The Morgan fingerprint density at radius 1 is 1.47 bits per heavy atom. The molecule has 0 aliphatic carbocycles. The zero-order valence-corrected chi connectivity index (χ0v) is 11.9. The van der Waals surface area contributed by atoms with Gasteiger partial charge in [-0.15, -0.1) is 0 Å². The Balaban J connectivity index is 2.47. The molecule has 0 saturated heterocycles. The lowest BCUT2D eigenvalue weighted by molar-refractivity contribution is 0.627. The van der Waals surface area contributed by atoms with Crippen molar-refractivity contribution in [2.75, 3.05) is 16.9 Å². The van der Waals surface area contributed by atoms with Crippen LogP contribution >= 0.6 is 15.9 Å². The van der Waals surface area contributed by atoms with Gasteiger partial charge in [0.15, 0.2) is 5.82 Å². The summed E-state index contributed by atoms with van der Waals surface area (Å²) >= 11 is 3.39. The summed E-state index contributed by atoms with van der Waals surface area (Å²) in [7, 11) is 0. The fourth-order valence-electron chi connectivity index (χ4n) is 1.72. The standard InChI is InChI=1S/C12H13BrFN5/c1-2-19(9-5-3-4-8(14)6-9)11-10(13)7-16-12(17-11)18-15/h3-7H,2,15H2,1H3,(H,16,17,18). The van der Waals surface area contributed by atoms with Crippen molar-refractivity contribution in [1.82, 2.24) is 9.97 Å². The van der Waals surface area contributed by atoms with Gasteiger partial charge in [0.05, 0.1) is 4.47 Å². The third kappa shape index (κ3) is 2.99. The third-order valence-corrected chi connectivity index (χ3v) is 3.11. The highest BCUT2D eigenvalue weighted by atomic mass is 79.9. The molecule has 5 nitrogen and oxygen atoms in total. The number of nitrogens with zero attached hydrogens (tertiary/aromatic N) is 3. The summed E-state index contributed by atoms with van der Waals surface area (Å²) in [6.45, 7) is 2.58. The van der Waals surface area contributed by atoms with Gasteiger partial charge >= 0.3 is 0 Å². The fraction of sp³-hybridized carbons (Fsp3) is 0.167. The minimum atomic E-state index is -0.293. The molecule has 100 valence electrons. The van der Waals surface area contributed by atoms with Gasteiger partial charge in [0.2, 0.25) is 5.95 Å². The monoisotopic (exact) mass is 325 g/mol. The Labute approximate surface area is 118 Å². The number of anilines is 3. The van der Waals surface area contributed by atoms with Crippen LogP contribution in [-0.4, -0.2) is 16.5 Å². The van der Waals surface area contributed by atoms with Crippen LogP contribution < -0.4 is 16.2 Å². The molecule has 0 aliphatic heterocycles. The molecule has 19 heavy (non-hydrogen) atoms. The summed E-state index contributed by atoms with van der Waals surface area (Å²) < 4.78 is 14.0. The number of rotatable bonds is 4. The third-order valence-electron chi connectivity index (χ3n) is 2.55. The number of hydrazine groups is 1. The van der Waals surface area contributed by atoms with Gasteiger partial charge in [-0.05, 0) is 41.1 Å². The van der Waals surface area contributed by atoms with Crippen LogP contribution in [-0.2, 0) is 0 Å². The molecule has 7 heteroatoms. The van der Waals surface area contributed by atoms with E-state index in [-0.39, 0.29) is 5.82 Å². The van der Waals surface area contributed by atoms with Crippen LogP contribution in [0.15, 0.2) is 34.9 Å². The van der Waals surface area contributed by atoms with Crippen molar-refractivity contribution >= 4 is 33.4 Å². The fourth-order valence-corrected chi connectivity index (χ4v) is 2.12. The van der Waals surface area contributed by atoms with E-state index in [1.807, 2.05) is 17.9 Å². The van der Waals surface area contributed by atoms with Gasteiger partial charge < -0.3 is 4.90 Å². The quantitative estimate of drug-likeness (QED) is 0.668. The Kier molecular flexibility index (Phi) is 4.28. The molecule has 2 aromatic rings. The molecular weight excluding hydrogens is 313 g/mol. The Hall–Kier alpha value is -1.73. The number of nitrogen functional groups attached to an aromatic ring is 1. The number of nitrogens with two attached hydrogens (primary N) is 1. The lowest BCUT2D eigenvalue weighted by atomic mass is 10.2. The van der Waals surface area contributed by atoms with Crippen molar-refractivity contribution in [3.05, 3.63) is 40.8 Å². The van der Waals surface area contributed by atoms with E-state index in [2.05, 4.69) is 31.3 Å². The molecule has 0 radical (unpaired) electrons. The molecule has 0 spiro atoms. The summed E-state index contributed by atoms with van der Waals surface area (Å²) in [4.78, 5) is 10.1. The van der Waals surface area contributed by atoms with Crippen molar-refractivity contribution in [3.63, 3.8) is 0 Å². The van der Waals surface area contributed by atoms with Gasteiger partial charge in [0.1, 0.15) is 5.82 Å². The summed E-state index contributed by atoms with van der Waals surface area (Å²) in [5.41, 5.74) is 3.11. The zero-order valence-electron chi connectivity index (χ0n) is 10.3. The maximum Gasteiger partial charge on any atom is 0.239 e. The molecule has 1 aromatic carbocycles. The minimum Gasteiger partial charge on any atom is -0.325 e. The van der Waals surface area contributed by atoms with E-state index in [1.165, 1.54) is 12.1 Å². The molecule has 1 aromatic heterocycles. The van der Waals surface area contributed by atoms with E-state index in [0.29, 0.717) is 28.5 Å². The predicted molar refractivity (Wildman–Crippen MR) is 76.6 cm³/mol. The highest BCUT2D eigenvalue weighted by Gasteiger charge is 2.14. The van der Waals surface area contributed by atoms with Crippen LogP contribution in [0.4, 0.5) is 21.8 Å². The van der Waals surface area contributed by atoms with Crippen molar-refractivity contribution in [3.8, 4) is 0 Å². The molecule has 0 amide bonds. The van der Waals surface area contributed by atoms with Crippen molar-refractivity contribution in [1.29, 1.82) is 0 Å². The minimum absolute atomic E-state index is 0.293. The van der Waals surface area contributed by atoms with Crippen molar-refractivity contribution in [2.45, 2.75) is 6.92 Å². The van der Waals surface area contributed by atoms with E-state index < -0.39 is 0 Å². The van der Waals surface area contributed by atoms with Crippen LogP contribution in [0.25, 0.3) is 0 Å². The lowest BCUT2D eigenvalue weighted by Gasteiger charge is -2.23. The molecule has 0 aliphatic rings. The first-order chi connectivity index (χ1) is 9.15. The highest BCUT2D eigenvalue weighted by Crippen LogP contribution is 2.30. The molecule has 2 rings (SSSR count). The Morgan fingerprint density at radius 2 is 2.26 bits per heavy atom. The number of hydrogen-bond donors (Lipinski definition) is 2. The summed E-state index contributed by atoms with van der Waals surface area (Å²) in [6.07, 6.45) is 1.60. The largest absolute Gasteiger partial charge is 0.325 e. The Morgan fingerprint density at radius 3 is 2.89 bits per heavy atom. The second-order valence-corrected chi connectivity index (χ2v) is 4.59. The molecule has 3 N–H and O–H groups in total. The normalized spacial score (nSPS) is 10.3. The Bertz CT molecular complexity index is 578. The highest BCUT2D eigenvalue weighted by molar-refractivity contribution is 9.10. The maximum absolute atomic E-state index is 13.3. The summed E-state index contributed by atoms with van der Waals surface area (Å²) in [5.74, 6) is 5.93. The molecule has 0 saturated carbocycles. The first kappa shape index (κ1) is 13.7. The number of halogens is 2. The number of hydrogen-bond acceptors (Lipinski definition) is 5. The first-order valence-corrected chi connectivity index (χ1v) is 6.47. The number of nitrogens with one attached hydrogen (secondary N) is 1. The SMILES string of the molecule is CCN(c1cccc(F)c1)c1nc(NN)ncc1Br. The topological polar surface area (TPSA) is 67.1 Å². The number of aromatic nitrogens is 2. The van der Waals surface area contributed by atoms with Gasteiger partial charge in [-0.25, -0.2) is 15.2 Å². The van der Waals surface area contributed by atoms with E-state index in [9.17, 15) is 4.39 Å². The number of benzene rings is 1. The molecule has 0 bridgehead atoms. The van der Waals surface area contributed by atoms with E-state index in [0.717, 1.165) is 0 Å². The zero-order chi connectivity index (χ0) is 13.8. The van der Waals surface area contributed by atoms with Crippen LogP contribution in [0.5, 0.6) is 0 Å². The van der Waals surface area contributed by atoms with E-state index in [1.54, 1.807) is 12.3 Å². The van der Waals surface area contributed by atoms with Gasteiger partial charge in [0.25, 0.3) is 0 Å². The summed E-state index contributed by atoms with van der Waals surface area (Å²) in [6, 6.07) is 6.33. The van der Waals surface area contributed by atoms with Gasteiger partial charge in [-0.1, -0.05) is 6.07 Å². The van der Waals surface area contributed by atoms with Crippen LogP contribution in [0.1, 0.15) is 6.92 Å². The van der Waals surface area contributed by atoms with Crippen LogP contribution in [0, 0.1) is 5.82 Å². The molecule has 0 fully saturated rings. The van der Waals surface area contributed by atoms with E-state index >= 15 is 0 Å². The molecular formula is C12H13BrFN5. The average molecular weight is 326 g/mol. The molecule has 1 heterocycles. The predicted octanol–water partition coefficient (Wildman–Crippen LogP) is 2.82. The second-order valence-electron chi connectivity index (χ2n) is 3.73. The maximum atomic E-state index is 13.3. The second kappa shape index (κ2) is 5.94. The van der Waals surface area contributed by atoms with Gasteiger partial charge in [0, 0.05) is 18.4 Å². The van der Waals surface area contributed by atoms with Gasteiger partial charge in [-0.2, -0.15) is 4.98 Å². The van der Waals surface area contributed by atoms with Gasteiger partial charge in [-0.3, -0.25) is 5.43 Å². The van der Waals surface area contributed by atoms with Crippen molar-refractivity contribution in [2.24, 2.45) is 5.84 Å². The molecule has 0 unspecified atom stereocenters. The van der Waals surface area contributed by atoms with Crippen LogP contribution in [0.3, 0.4) is 0 Å². The van der Waals surface area contributed by atoms with E-state index in [4.69, 9.17) is 5.84 Å². The lowest BCUT2D eigenvalue weighted by Crippen LogP contribution is -2.20. The average Bonchev–Trinajstić information content (AvgIpc) is 2.42. The summed E-state index contributed by atoms with van der Waals surface area (Å²) in [5, 5.41) is 0.